The minimum Gasteiger partial charge on any atom is -0.398 e. The molecule has 0 fully saturated rings. The summed E-state index contributed by atoms with van der Waals surface area (Å²) in [5, 5.41) is 3.43. The zero-order valence-electron chi connectivity index (χ0n) is 9.41. The first-order valence-corrected chi connectivity index (χ1v) is 6.67. The maximum atomic E-state index is 11.9. The van der Waals surface area contributed by atoms with E-state index in [-0.39, 0.29) is 17.1 Å². The van der Waals surface area contributed by atoms with Crippen molar-refractivity contribution in [1.82, 2.24) is 14.9 Å². The predicted octanol–water partition coefficient (Wildman–Crippen LogP) is 0.173. The summed E-state index contributed by atoms with van der Waals surface area (Å²) in [6, 6.07) is 6.27. The Bertz CT molecular complexity index is 610. The summed E-state index contributed by atoms with van der Waals surface area (Å²) in [5.74, 6) is 0.374. The average Bonchev–Trinajstić information content (AvgIpc) is 2.82. The Labute approximate surface area is 104 Å². The van der Waals surface area contributed by atoms with Crippen LogP contribution in [-0.4, -0.2) is 25.1 Å². The van der Waals surface area contributed by atoms with Crippen LogP contribution in [0.1, 0.15) is 5.89 Å². The molecular formula is C10H12N4O3S. The lowest BCUT2D eigenvalue weighted by Crippen LogP contribution is -2.26. The molecule has 0 unspecified atom stereocenters. The summed E-state index contributed by atoms with van der Waals surface area (Å²) in [6.45, 7) is 0.166. The van der Waals surface area contributed by atoms with Gasteiger partial charge in [-0.2, -0.15) is 4.98 Å². The third kappa shape index (κ3) is 2.84. The van der Waals surface area contributed by atoms with E-state index < -0.39 is 10.0 Å². The predicted molar refractivity (Wildman–Crippen MR) is 64.0 cm³/mol. The SMILES string of the molecule is Nc1ccccc1S(=O)(=O)NCCc1ncno1. The van der Waals surface area contributed by atoms with Crippen LogP contribution in [0.5, 0.6) is 0 Å². The van der Waals surface area contributed by atoms with Crippen LogP contribution in [0.15, 0.2) is 40.0 Å². The lowest BCUT2D eigenvalue weighted by molar-refractivity contribution is 0.377. The van der Waals surface area contributed by atoms with Crippen molar-refractivity contribution in [2.45, 2.75) is 11.3 Å². The molecule has 1 aromatic carbocycles. The summed E-state index contributed by atoms with van der Waals surface area (Å²) in [6.07, 6.45) is 1.59. The third-order valence-electron chi connectivity index (χ3n) is 2.25. The molecule has 0 amide bonds. The van der Waals surface area contributed by atoms with Gasteiger partial charge in [0.2, 0.25) is 15.9 Å². The van der Waals surface area contributed by atoms with Gasteiger partial charge in [0.15, 0.2) is 6.33 Å². The van der Waals surface area contributed by atoms with E-state index in [9.17, 15) is 8.42 Å². The van der Waals surface area contributed by atoms with Gasteiger partial charge in [-0.3, -0.25) is 0 Å². The van der Waals surface area contributed by atoms with E-state index in [0.717, 1.165) is 0 Å². The number of benzene rings is 1. The minimum atomic E-state index is -3.61. The number of sulfonamides is 1. The molecule has 0 aliphatic carbocycles. The Hall–Kier alpha value is -1.93. The number of hydrogen-bond acceptors (Lipinski definition) is 6. The molecule has 0 saturated carbocycles. The number of anilines is 1. The molecule has 0 aliphatic heterocycles. The second-order valence-electron chi connectivity index (χ2n) is 3.52. The molecule has 2 aromatic rings. The maximum absolute atomic E-state index is 11.9. The summed E-state index contributed by atoms with van der Waals surface area (Å²) in [5.41, 5.74) is 5.82. The quantitative estimate of drug-likeness (QED) is 0.748. The number of aromatic nitrogens is 2. The van der Waals surface area contributed by atoms with Crippen molar-refractivity contribution in [3.05, 3.63) is 36.5 Å². The van der Waals surface area contributed by atoms with E-state index in [0.29, 0.717) is 12.3 Å². The summed E-state index contributed by atoms with van der Waals surface area (Å²) in [4.78, 5) is 3.85. The lowest BCUT2D eigenvalue weighted by Gasteiger charge is -2.07. The summed E-state index contributed by atoms with van der Waals surface area (Å²) in [7, 11) is -3.61. The molecule has 0 aliphatic rings. The first-order chi connectivity index (χ1) is 8.59. The first kappa shape index (κ1) is 12.5. The van der Waals surface area contributed by atoms with Crippen molar-refractivity contribution in [1.29, 1.82) is 0 Å². The van der Waals surface area contributed by atoms with Gasteiger partial charge in [0.25, 0.3) is 0 Å². The minimum absolute atomic E-state index is 0.0653. The van der Waals surface area contributed by atoms with Crippen molar-refractivity contribution < 1.29 is 12.9 Å². The van der Waals surface area contributed by atoms with Crippen LogP contribution < -0.4 is 10.5 Å². The van der Waals surface area contributed by atoms with Gasteiger partial charge in [-0.25, -0.2) is 13.1 Å². The first-order valence-electron chi connectivity index (χ1n) is 5.19. The van der Waals surface area contributed by atoms with Gasteiger partial charge >= 0.3 is 0 Å². The molecule has 0 bridgehead atoms. The fourth-order valence-electron chi connectivity index (χ4n) is 1.40. The van der Waals surface area contributed by atoms with Crippen LogP contribution in [0.4, 0.5) is 5.69 Å². The van der Waals surface area contributed by atoms with Gasteiger partial charge in [0, 0.05) is 13.0 Å². The Kier molecular flexibility index (Phi) is 3.58. The standard InChI is InChI=1S/C10H12N4O3S/c11-8-3-1-2-4-9(8)18(15,16)14-6-5-10-12-7-13-17-10/h1-4,7,14H,5-6,11H2. The van der Waals surface area contributed by atoms with Gasteiger partial charge in [0.1, 0.15) is 4.90 Å². The molecule has 3 N–H and O–H groups in total. The normalized spacial score (nSPS) is 11.6. The van der Waals surface area contributed by atoms with Crippen LogP contribution in [-0.2, 0) is 16.4 Å². The second kappa shape index (κ2) is 5.15. The van der Waals surface area contributed by atoms with Crippen LogP contribution in [0, 0.1) is 0 Å². The lowest BCUT2D eigenvalue weighted by atomic mass is 10.3. The smallest absolute Gasteiger partial charge is 0.242 e. The van der Waals surface area contributed by atoms with E-state index in [4.69, 9.17) is 10.3 Å². The van der Waals surface area contributed by atoms with Crippen molar-refractivity contribution in [3.63, 3.8) is 0 Å². The molecular weight excluding hydrogens is 256 g/mol. The molecule has 0 spiro atoms. The fraction of sp³-hybridized carbons (Fsp3) is 0.200. The molecule has 18 heavy (non-hydrogen) atoms. The van der Waals surface area contributed by atoms with E-state index in [1.165, 1.54) is 18.5 Å². The molecule has 0 saturated heterocycles. The molecule has 96 valence electrons. The Morgan fingerprint density at radius 2 is 2.11 bits per heavy atom. The Morgan fingerprint density at radius 3 is 2.78 bits per heavy atom. The second-order valence-corrected chi connectivity index (χ2v) is 5.26. The van der Waals surface area contributed by atoms with Crippen molar-refractivity contribution in [3.8, 4) is 0 Å². The highest BCUT2D eigenvalue weighted by Crippen LogP contribution is 2.16. The summed E-state index contributed by atoms with van der Waals surface area (Å²) >= 11 is 0. The van der Waals surface area contributed by atoms with Crippen LogP contribution in [0.3, 0.4) is 0 Å². The molecule has 2 rings (SSSR count). The Morgan fingerprint density at radius 1 is 1.33 bits per heavy atom. The monoisotopic (exact) mass is 268 g/mol. The van der Waals surface area contributed by atoms with Gasteiger partial charge in [0.05, 0.1) is 5.69 Å². The topological polar surface area (TPSA) is 111 Å². The van der Waals surface area contributed by atoms with E-state index in [1.807, 2.05) is 0 Å². The number of hydrogen-bond donors (Lipinski definition) is 2. The average molecular weight is 268 g/mol. The van der Waals surface area contributed by atoms with E-state index in [1.54, 1.807) is 12.1 Å². The number of nitrogen functional groups attached to an aromatic ring is 1. The molecule has 8 heteroatoms. The van der Waals surface area contributed by atoms with Crippen molar-refractivity contribution in [2.75, 3.05) is 12.3 Å². The third-order valence-corrected chi connectivity index (χ3v) is 3.78. The van der Waals surface area contributed by atoms with Crippen LogP contribution in [0.25, 0.3) is 0 Å². The van der Waals surface area contributed by atoms with Gasteiger partial charge in [-0.05, 0) is 12.1 Å². The summed E-state index contributed by atoms with van der Waals surface area (Å²) < 4.78 is 31.0. The highest BCUT2D eigenvalue weighted by Gasteiger charge is 2.16. The highest BCUT2D eigenvalue weighted by atomic mass is 32.2. The maximum Gasteiger partial charge on any atom is 0.242 e. The van der Waals surface area contributed by atoms with Gasteiger partial charge in [-0.1, -0.05) is 17.3 Å². The van der Waals surface area contributed by atoms with Crippen molar-refractivity contribution >= 4 is 15.7 Å². The number of nitrogens with two attached hydrogens (primary N) is 1. The highest BCUT2D eigenvalue weighted by molar-refractivity contribution is 7.89. The molecule has 1 heterocycles. The van der Waals surface area contributed by atoms with E-state index in [2.05, 4.69) is 14.9 Å². The number of rotatable bonds is 5. The van der Waals surface area contributed by atoms with E-state index >= 15 is 0 Å². The largest absolute Gasteiger partial charge is 0.398 e. The number of para-hydroxylation sites is 1. The molecule has 0 atom stereocenters. The van der Waals surface area contributed by atoms with Crippen LogP contribution >= 0.6 is 0 Å². The van der Waals surface area contributed by atoms with Gasteiger partial charge in [-0.15, -0.1) is 0 Å². The molecule has 1 aromatic heterocycles. The van der Waals surface area contributed by atoms with Gasteiger partial charge < -0.3 is 10.3 Å². The van der Waals surface area contributed by atoms with Crippen molar-refractivity contribution in [2.24, 2.45) is 0 Å². The number of nitrogens with one attached hydrogen (secondary N) is 1. The zero-order chi connectivity index (χ0) is 13.0. The molecule has 7 nitrogen and oxygen atoms in total. The van der Waals surface area contributed by atoms with Crippen LogP contribution in [0.2, 0.25) is 0 Å². The zero-order valence-corrected chi connectivity index (χ0v) is 10.2. The number of nitrogens with zero attached hydrogens (tertiary/aromatic N) is 2. The Balaban J connectivity index is 2.02. The molecule has 0 radical (unpaired) electrons. The fourth-order valence-corrected chi connectivity index (χ4v) is 2.56.